The predicted octanol–water partition coefficient (Wildman–Crippen LogP) is 2.36. The van der Waals surface area contributed by atoms with Crippen LogP contribution < -0.4 is 5.32 Å². The third-order valence-corrected chi connectivity index (χ3v) is 2.48. The fourth-order valence-corrected chi connectivity index (χ4v) is 1.77. The lowest BCUT2D eigenvalue weighted by Crippen LogP contribution is -2.08. The quantitative estimate of drug-likeness (QED) is 0.858. The minimum atomic E-state index is 0.484. The SMILES string of the molecule is CNCc1nc(Cl)c2cc(Cl)ccn12. The Morgan fingerprint density at radius 2 is 2.29 bits per heavy atom. The van der Waals surface area contributed by atoms with E-state index in [1.165, 1.54) is 0 Å². The van der Waals surface area contributed by atoms with Crippen LogP contribution in [0.5, 0.6) is 0 Å². The largest absolute Gasteiger partial charge is 0.313 e. The Labute approximate surface area is 91.7 Å². The maximum absolute atomic E-state index is 5.97. The molecule has 0 saturated heterocycles. The van der Waals surface area contributed by atoms with E-state index in [1.807, 2.05) is 23.7 Å². The van der Waals surface area contributed by atoms with E-state index < -0.39 is 0 Å². The van der Waals surface area contributed by atoms with Gasteiger partial charge in [0.2, 0.25) is 0 Å². The maximum Gasteiger partial charge on any atom is 0.155 e. The van der Waals surface area contributed by atoms with Crippen molar-refractivity contribution >= 4 is 28.7 Å². The number of aromatic nitrogens is 2. The van der Waals surface area contributed by atoms with Crippen LogP contribution in [-0.2, 0) is 6.54 Å². The van der Waals surface area contributed by atoms with Gasteiger partial charge >= 0.3 is 0 Å². The first-order valence-corrected chi connectivity index (χ1v) is 4.94. The molecule has 74 valence electrons. The summed E-state index contributed by atoms with van der Waals surface area (Å²) in [6.07, 6.45) is 1.86. The zero-order valence-corrected chi connectivity index (χ0v) is 9.10. The van der Waals surface area contributed by atoms with Crippen molar-refractivity contribution in [2.24, 2.45) is 0 Å². The molecule has 0 aliphatic rings. The minimum Gasteiger partial charge on any atom is -0.313 e. The summed E-state index contributed by atoms with van der Waals surface area (Å²) < 4.78 is 1.92. The molecular weight excluding hydrogens is 221 g/mol. The van der Waals surface area contributed by atoms with E-state index in [2.05, 4.69) is 10.3 Å². The molecule has 1 N–H and O–H groups in total. The van der Waals surface area contributed by atoms with E-state index in [4.69, 9.17) is 23.2 Å². The van der Waals surface area contributed by atoms with Crippen LogP contribution in [0.2, 0.25) is 10.2 Å². The summed E-state index contributed by atoms with van der Waals surface area (Å²) >= 11 is 11.8. The number of imidazole rings is 1. The lowest BCUT2D eigenvalue weighted by Gasteiger charge is -1.99. The molecule has 0 aromatic carbocycles. The first-order chi connectivity index (χ1) is 6.72. The van der Waals surface area contributed by atoms with Crippen LogP contribution in [-0.4, -0.2) is 16.4 Å². The summed E-state index contributed by atoms with van der Waals surface area (Å²) in [6, 6.07) is 3.61. The number of halogens is 2. The monoisotopic (exact) mass is 229 g/mol. The van der Waals surface area contributed by atoms with E-state index in [0.717, 1.165) is 11.3 Å². The van der Waals surface area contributed by atoms with Gasteiger partial charge in [-0.1, -0.05) is 23.2 Å². The minimum absolute atomic E-state index is 0.484. The van der Waals surface area contributed by atoms with Gasteiger partial charge in [-0.25, -0.2) is 4.98 Å². The molecule has 2 aromatic rings. The Morgan fingerprint density at radius 3 is 3.00 bits per heavy atom. The number of fused-ring (bicyclic) bond motifs is 1. The van der Waals surface area contributed by atoms with Crippen molar-refractivity contribution in [3.63, 3.8) is 0 Å². The molecule has 0 bridgehead atoms. The zero-order chi connectivity index (χ0) is 10.1. The Bertz CT molecular complexity index is 464. The highest BCUT2D eigenvalue weighted by Gasteiger charge is 2.08. The van der Waals surface area contributed by atoms with Crippen molar-refractivity contribution in [3.05, 3.63) is 34.3 Å². The molecule has 5 heteroatoms. The Balaban J connectivity index is 2.65. The van der Waals surface area contributed by atoms with E-state index in [-0.39, 0.29) is 0 Å². The van der Waals surface area contributed by atoms with Crippen LogP contribution in [0.25, 0.3) is 5.52 Å². The van der Waals surface area contributed by atoms with Crippen molar-refractivity contribution in [3.8, 4) is 0 Å². The van der Waals surface area contributed by atoms with Gasteiger partial charge in [0.15, 0.2) is 5.15 Å². The summed E-state index contributed by atoms with van der Waals surface area (Å²) in [5.41, 5.74) is 0.837. The Kier molecular flexibility index (Phi) is 2.63. The van der Waals surface area contributed by atoms with E-state index in [1.54, 1.807) is 6.07 Å². The smallest absolute Gasteiger partial charge is 0.155 e. The molecule has 0 saturated carbocycles. The van der Waals surface area contributed by atoms with Gasteiger partial charge in [-0.15, -0.1) is 0 Å². The van der Waals surface area contributed by atoms with Gasteiger partial charge in [0.25, 0.3) is 0 Å². The van der Waals surface area contributed by atoms with Crippen molar-refractivity contribution in [2.75, 3.05) is 7.05 Å². The Morgan fingerprint density at radius 1 is 1.50 bits per heavy atom. The third-order valence-electron chi connectivity index (χ3n) is 1.97. The first kappa shape index (κ1) is 9.77. The normalized spacial score (nSPS) is 11.1. The fourth-order valence-electron chi connectivity index (χ4n) is 1.37. The molecule has 2 rings (SSSR count). The number of hydrogen-bond donors (Lipinski definition) is 1. The average Bonchev–Trinajstić information content (AvgIpc) is 2.44. The predicted molar refractivity (Wildman–Crippen MR) is 58.0 cm³/mol. The van der Waals surface area contributed by atoms with Gasteiger partial charge in [-0.05, 0) is 19.2 Å². The second kappa shape index (κ2) is 3.77. The number of nitrogens with one attached hydrogen (secondary N) is 1. The second-order valence-electron chi connectivity index (χ2n) is 2.95. The fraction of sp³-hybridized carbons (Fsp3) is 0.222. The molecule has 0 unspecified atom stereocenters. The third kappa shape index (κ3) is 1.59. The van der Waals surface area contributed by atoms with Gasteiger partial charge < -0.3 is 9.72 Å². The van der Waals surface area contributed by atoms with Gasteiger partial charge in [-0.3, -0.25) is 0 Å². The second-order valence-corrected chi connectivity index (χ2v) is 3.74. The van der Waals surface area contributed by atoms with Crippen LogP contribution in [0.4, 0.5) is 0 Å². The van der Waals surface area contributed by atoms with E-state index >= 15 is 0 Å². The topological polar surface area (TPSA) is 29.3 Å². The van der Waals surface area contributed by atoms with Crippen LogP contribution in [0, 0.1) is 0 Å². The van der Waals surface area contributed by atoms with Gasteiger partial charge in [-0.2, -0.15) is 0 Å². The highest BCUT2D eigenvalue weighted by molar-refractivity contribution is 6.34. The zero-order valence-electron chi connectivity index (χ0n) is 7.59. The van der Waals surface area contributed by atoms with Crippen LogP contribution in [0.3, 0.4) is 0 Å². The summed E-state index contributed by atoms with van der Waals surface area (Å²) in [6.45, 7) is 0.676. The summed E-state index contributed by atoms with van der Waals surface area (Å²) in [5.74, 6) is 0.879. The molecule has 0 atom stereocenters. The summed E-state index contributed by atoms with van der Waals surface area (Å²) in [7, 11) is 1.87. The molecule has 14 heavy (non-hydrogen) atoms. The summed E-state index contributed by atoms with van der Waals surface area (Å²) in [4.78, 5) is 4.23. The molecule has 0 spiro atoms. The molecule has 0 amide bonds. The molecule has 0 aliphatic carbocycles. The van der Waals surface area contributed by atoms with Crippen molar-refractivity contribution in [1.82, 2.24) is 14.7 Å². The highest BCUT2D eigenvalue weighted by Crippen LogP contribution is 2.21. The number of rotatable bonds is 2. The van der Waals surface area contributed by atoms with Crippen LogP contribution >= 0.6 is 23.2 Å². The Hall–Kier alpha value is -0.770. The van der Waals surface area contributed by atoms with E-state index in [9.17, 15) is 0 Å². The molecule has 0 aliphatic heterocycles. The van der Waals surface area contributed by atoms with Gasteiger partial charge in [0.1, 0.15) is 5.82 Å². The van der Waals surface area contributed by atoms with Crippen LogP contribution in [0.15, 0.2) is 18.3 Å². The standard InChI is InChI=1S/C9H9Cl2N3/c1-12-5-8-13-9(11)7-4-6(10)2-3-14(7)8/h2-4,12H,5H2,1H3. The average molecular weight is 230 g/mol. The van der Waals surface area contributed by atoms with Crippen LogP contribution in [0.1, 0.15) is 5.82 Å². The van der Waals surface area contributed by atoms with E-state index in [0.29, 0.717) is 16.7 Å². The van der Waals surface area contributed by atoms with Crippen molar-refractivity contribution in [2.45, 2.75) is 6.54 Å². The molecule has 3 nitrogen and oxygen atoms in total. The molecular formula is C9H9Cl2N3. The first-order valence-electron chi connectivity index (χ1n) is 4.19. The maximum atomic E-state index is 5.97. The number of nitrogens with zero attached hydrogens (tertiary/aromatic N) is 2. The molecule has 0 radical (unpaired) electrons. The molecule has 2 heterocycles. The lowest BCUT2D eigenvalue weighted by atomic mass is 10.4. The lowest BCUT2D eigenvalue weighted by molar-refractivity contribution is 0.755. The van der Waals surface area contributed by atoms with Gasteiger partial charge in [0, 0.05) is 11.2 Å². The van der Waals surface area contributed by atoms with Crippen molar-refractivity contribution < 1.29 is 0 Å². The molecule has 2 aromatic heterocycles. The van der Waals surface area contributed by atoms with Crippen molar-refractivity contribution in [1.29, 1.82) is 0 Å². The molecule has 0 fully saturated rings. The van der Waals surface area contributed by atoms with Gasteiger partial charge in [0.05, 0.1) is 12.1 Å². The summed E-state index contributed by atoms with van der Waals surface area (Å²) in [5, 5.41) is 4.18. The number of hydrogen-bond acceptors (Lipinski definition) is 2. The highest BCUT2D eigenvalue weighted by atomic mass is 35.5. The number of pyridine rings is 1.